The van der Waals surface area contributed by atoms with Gasteiger partial charge in [0.2, 0.25) is 10.0 Å². The lowest BCUT2D eigenvalue weighted by Crippen LogP contribution is -2.31. The molecule has 0 bridgehead atoms. The average molecular weight is 404 g/mol. The molecule has 150 valence electrons. The lowest BCUT2D eigenvalue weighted by Gasteiger charge is -2.15. The highest BCUT2D eigenvalue weighted by Gasteiger charge is 2.21. The average Bonchev–Trinajstić information content (AvgIpc) is 2.68. The molecule has 7 N–H and O–H groups in total. The number of amidine groups is 1. The molecule has 0 aromatic heterocycles. The van der Waals surface area contributed by atoms with E-state index in [1.165, 1.54) is 6.07 Å². The van der Waals surface area contributed by atoms with Crippen molar-refractivity contribution in [1.29, 1.82) is 5.41 Å². The topological polar surface area (TPSA) is 167 Å². The molecule has 0 amide bonds. The molecule has 28 heavy (non-hydrogen) atoms. The SMILES string of the molecule is CC[C@H](CO)NCc1ccc(-c2cccc(S(N)(=O)=O)c2C(=N)N=NN)cc1. The standard InChI is InChI=1S/C18H24N6O3S/c1-2-14(11-25)22-10-12-6-8-13(9-7-12)15-4-3-5-16(28(21,26)27)17(15)18(19)23-24-20/h3-9,14,22,25H,2,10-11H2,1H3,(H3,19,20,23)(H2,21,26,27)/t14-/m1/s1. The van der Waals surface area contributed by atoms with Gasteiger partial charge < -0.3 is 16.3 Å². The number of nitrogens with zero attached hydrogens (tertiary/aromatic N) is 2. The van der Waals surface area contributed by atoms with E-state index in [0.29, 0.717) is 17.7 Å². The van der Waals surface area contributed by atoms with E-state index in [2.05, 4.69) is 15.7 Å². The number of rotatable bonds is 8. The summed E-state index contributed by atoms with van der Waals surface area (Å²) in [6.07, 6.45) is 0.816. The molecule has 0 unspecified atom stereocenters. The number of aliphatic hydroxyl groups excluding tert-OH is 1. The smallest absolute Gasteiger partial charge is 0.238 e. The first-order valence-corrected chi connectivity index (χ1v) is 10.2. The maximum atomic E-state index is 12.0. The number of hydrogen-bond donors (Lipinski definition) is 5. The fraction of sp³-hybridized carbons (Fsp3) is 0.278. The largest absolute Gasteiger partial charge is 0.395 e. The van der Waals surface area contributed by atoms with Crippen LogP contribution in [0.3, 0.4) is 0 Å². The van der Waals surface area contributed by atoms with Gasteiger partial charge in [-0.15, -0.1) is 5.11 Å². The van der Waals surface area contributed by atoms with Crippen LogP contribution in [0, 0.1) is 5.41 Å². The fourth-order valence-corrected chi connectivity index (χ4v) is 3.52. The van der Waals surface area contributed by atoms with Gasteiger partial charge >= 0.3 is 0 Å². The van der Waals surface area contributed by atoms with Crippen LogP contribution in [0.15, 0.2) is 57.7 Å². The van der Waals surface area contributed by atoms with Crippen LogP contribution in [0.4, 0.5) is 0 Å². The van der Waals surface area contributed by atoms with Crippen molar-refractivity contribution in [3.8, 4) is 11.1 Å². The first-order valence-electron chi connectivity index (χ1n) is 8.61. The number of benzene rings is 2. The first-order chi connectivity index (χ1) is 13.3. The van der Waals surface area contributed by atoms with E-state index in [-0.39, 0.29) is 23.1 Å². The highest BCUT2D eigenvalue weighted by atomic mass is 32.2. The summed E-state index contributed by atoms with van der Waals surface area (Å²) >= 11 is 0. The highest BCUT2D eigenvalue weighted by molar-refractivity contribution is 7.89. The third-order valence-electron chi connectivity index (χ3n) is 4.30. The molecule has 0 spiro atoms. The number of nitrogens with two attached hydrogens (primary N) is 2. The molecule has 0 radical (unpaired) electrons. The maximum Gasteiger partial charge on any atom is 0.238 e. The Kier molecular flexibility index (Phi) is 7.35. The van der Waals surface area contributed by atoms with Gasteiger partial charge in [-0.3, -0.25) is 5.41 Å². The molecular weight excluding hydrogens is 380 g/mol. The van der Waals surface area contributed by atoms with Crippen molar-refractivity contribution in [1.82, 2.24) is 5.32 Å². The molecule has 0 aliphatic heterocycles. The van der Waals surface area contributed by atoms with Crippen LogP contribution >= 0.6 is 0 Å². The molecule has 2 rings (SSSR count). The molecule has 0 fully saturated rings. The maximum absolute atomic E-state index is 12.0. The summed E-state index contributed by atoms with van der Waals surface area (Å²) in [7, 11) is -4.08. The fourth-order valence-electron chi connectivity index (χ4n) is 2.76. The van der Waals surface area contributed by atoms with Gasteiger partial charge in [-0.25, -0.2) is 13.6 Å². The van der Waals surface area contributed by atoms with Crippen LogP contribution < -0.4 is 16.3 Å². The molecule has 0 aliphatic carbocycles. The Morgan fingerprint density at radius 2 is 1.93 bits per heavy atom. The van der Waals surface area contributed by atoms with Gasteiger partial charge in [0.15, 0.2) is 5.84 Å². The predicted molar refractivity (Wildman–Crippen MR) is 107 cm³/mol. The number of nitrogens with one attached hydrogen (secondary N) is 2. The molecule has 1 atom stereocenters. The minimum atomic E-state index is -4.08. The summed E-state index contributed by atoms with van der Waals surface area (Å²) < 4.78 is 23.9. The molecule has 0 heterocycles. The van der Waals surface area contributed by atoms with Gasteiger partial charge in [0, 0.05) is 18.2 Å². The van der Waals surface area contributed by atoms with Crippen molar-refractivity contribution < 1.29 is 13.5 Å². The zero-order valence-electron chi connectivity index (χ0n) is 15.5. The van der Waals surface area contributed by atoms with E-state index in [0.717, 1.165) is 12.0 Å². The van der Waals surface area contributed by atoms with Gasteiger partial charge in [-0.2, -0.15) is 0 Å². The van der Waals surface area contributed by atoms with Crippen LogP contribution in [-0.4, -0.2) is 32.0 Å². The van der Waals surface area contributed by atoms with Gasteiger partial charge in [-0.1, -0.05) is 48.5 Å². The van der Waals surface area contributed by atoms with Crippen molar-refractivity contribution in [3.63, 3.8) is 0 Å². The summed E-state index contributed by atoms with van der Waals surface area (Å²) in [6.45, 7) is 2.64. The van der Waals surface area contributed by atoms with Crippen molar-refractivity contribution in [2.75, 3.05) is 6.61 Å². The van der Waals surface area contributed by atoms with Gasteiger partial charge in [0.05, 0.1) is 11.5 Å². The second kappa shape index (κ2) is 9.51. The van der Waals surface area contributed by atoms with Crippen LogP contribution in [0.1, 0.15) is 24.5 Å². The second-order valence-corrected chi connectivity index (χ2v) is 7.68. The molecule has 2 aromatic carbocycles. The highest BCUT2D eigenvalue weighted by Crippen LogP contribution is 2.29. The first kappa shape index (κ1) is 21.6. The number of aliphatic hydroxyl groups is 1. The Balaban J connectivity index is 2.43. The van der Waals surface area contributed by atoms with Gasteiger partial charge in [0.25, 0.3) is 0 Å². The summed E-state index contributed by atoms with van der Waals surface area (Å²) in [5.74, 6) is 4.63. The summed E-state index contributed by atoms with van der Waals surface area (Å²) in [4.78, 5) is -0.220. The summed E-state index contributed by atoms with van der Waals surface area (Å²) in [6, 6.07) is 12.0. The van der Waals surface area contributed by atoms with E-state index in [1.54, 1.807) is 12.1 Å². The molecule has 0 saturated heterocycles. The van der Waals surface area contributed by atoms with Crippen molar-refractivity contribution in [2.24, 2.45) is 21.3 Å². The van der Waals surface area contributed by atoms with Crippen molar-refractivity contribution in [2.45, 2.75) is 30.8 Å². The molecule has 0 saturated carbocycles. The van der Waals surface area contributed by atoms with Crippen LogP contribution in [0.2, 0.25) is 0 Å². The van der Waals surface area contributed by atoms with Crippen molar-refractivity contribution in [3.05, 3.63) is 53.6 Å². The monoisotopic (exact) mass is 404 g/mol. The number of sulfonamides is 1. The van der Waals surface area contributed by atoms with E-state index in [9.17, 15) is 13.5 Å². The Labute approximate surface area is 164 Å². The lowest BCUT2D eigenvalue weighted by atomic mass is 9.98. The molecule has 9 nitrogen and oxygen atoms in total. The Morgan fingerprint density at radius 1 is 1.25 bits per heavy atom. The zero-order valence-corrected chi connectivity index (χ0v) is 16.3. The normalized spacial score (nSPS) is 13.0. The van der Waals surface area contributed by atoms with Crippen molar-refractivity contribution >= 4 is 15.9 Å². The lowest BCUT2D eigenvalue weighted by molar-refractivity contribution is 0.238. The van der Waals surface area contributed by atoms with Crippen LogP contribution in [0.25, 0.3) is 11.1 Å². The third kappa shape index (κ3) is 5.20. The van der Waals surface area contributed by atoms with E-state index >= 15 is 0 Å². The van der Waals surface area contributed by atoms with Crippen LogP contribution in [-0.2, 0) is 16.6 Å². The minimum absolute atomic E-state index is 0.0276. The molecule has 2 aromatic rings. The summed E-state index contributed by atoms with van der Waals surface area (Å²) in [5.41, 5.74) is 2.20. The molecule has 10 heteroatoms. The second-order valence-electron chi connectivity index (χ2n) is 6.15. The van der Waals surface area contributed by atoms with Crippen LogP contribution in [0.5, 0.6) is 0 Å². The van der Waals surface area contributed by atoms with E-state index in [1.807, 2.05) is 31.2 Å². The third-order valence-corrected chi connectivity index (χ3v) is 5.25. The Morgan fingerprint density at radius 3 is 2.46 bits per heavy atom. The number of primary sulfonamides is 1. The molecule has 0 aliphatic rings. The van der Waals surface area contributed by atoms with Gasteiger partial charge in [0.1, 0.15) is 0 Å². The Bertz CT molecular complexity index is 954. The van der Waals surface area contributed by atoms with E-state index in [4.69, 9.17) is 16.4 Å². The van der Waals surface area contributed by atoms with Gasteiger partial charge in [-0.05, 0) is 29.2 Å². The zero-order chi connectivity index (χ0) is 20.7. The Hall–Kier alpha value is -2.66. The summed E-state index contributed by atoms with van der Waals surface area (Å²) in [5, 5.41) is 32.4. The predicted octanol–water partition coefficient (Wildman–Crippen LogP) is 1.51. The quantitative estimate of drug-likeness (QED) is 0.148. The molecular formula is C18H24N6O3S. The number of hydrogen-bond acceptors (Lipinski definition) is 6. The minimum Gasteiger partial charge on any atom is -0.395 e. The van der Waals surface area contributed by atoms with E-state index < -0.39 is 15.9 Å².